The number of aliphatic hydroxyl groups excluding tert-OH is 1. The summed E-state index contributed by atoms with van der Waals surface area (Å²) < 4.78 is 0. The molecule has 1 fully saturated rings. The fourth-order valence-corrected chi connectivity index (χ4v) is 2.81. The molecule has 0 spiro atoms. The highest BCUT2D eigenvalue weighted by molar-refractivity contribution is 4.86. The molecule has 0 aromatic heterocycles. The van der Waals surface area contributed by atoms with E-state index in [1.54, 1.807) is 0 Å². The van der Waals surface area contributed by atoms with Crippen LogP contribution in [0.4, 0.5) is 0 Å². The Bertz CT molecular complexity index is 181. The SMILES string of the molecule is CC(C)[C@H]1CC[C@@H](C)C[C@@H]1N[C@H](C)CO. The summed E-state index contributed by atoms with van der Waals surface area (Å²) in [5.41, 5.74) is 0. The van der Waals surface area contributed by atoms with Gasteiger partial charge in [-0.25, -0.2) is 0 Å². The van der Waals surface area contributed by atoms with Gasteiger partial charge in [-0.05, 0) is 37.5 Å². The molecule has 0 aliphatic heterocycles. The van der Waals surface area contributed by atoms with E-state index in [1.165, 1.54) is 19.3 Å². The molecule has 0 amide bonds. The Morgan fingerprint density at radius 1 is 1.27 bits per heavy atom. The fourth-order valence-electron chi connectivity index (χ4n) is 2.81. The molecule has 4 atom stereocenters. The maximum atomic E-state index is 9.09. The zero-order valence-electron chi connectivity index (χ0n) is 10.7. The van der Waals surface area contributed by atoms with Crippen LogP contribution in [0, 0.1) is 17.8 Å². The molecule has 2 heteroatoms. The third-order valence-electron chi connectivity index (χ3n) is 3.79. The molecule has 0 heterocycles. The fraction of sp³-hybridized carbons (Fsp3) is 1.00. The first-order valence-electron chi connectivity index (χ1n) is 6.41. The summed E-state index contributed by atoms with van der Waals surface area (Å²) >= 11 is 0. The Hall–Kier alpha value is -0.0800. The van der Waals surface area contributed by atoms with Crippen LogP contribution in [0.5, 0.6) is 0 Å². The Morgan fingerprint density at radius 3 is 2.47 bits per heavy atom. The first-order chi connectivity index (χ1) is 7.04. The first kappa shape index (κ1) is 13.0. The highest BCUT2D eigenvalue weighted by Gasteiger charge is 2.30. The number of hydrogen-bond acceptors (Lipinski definition) is 2. The van der Waals surface area contributed by atoms with Gasteiger partial charge in [-0.15, -0.1) is 0 Å². The van der Waals surface area contributed by atoms with Crippen molar-refractivity contribution in [3.63, 3.8) is 0 Å². The quantitative estimate of drug-likeness (QED) is 0.751. The number of aliphatic hydroxyl groups is 1. The molecule has 0 aromatic rings. The van der Waals surface area contributed by atoms with Crippen LogP contribution in [0.2, 0.25) is 0 Å². The standard InChI is InChI=1S/C13H27NO/c1-9(2)12-6-5-10(3)7-13(12)14-11(4)8-15/h9-15H,5-8H2,1-4H3/t10-,11-,12-,13+/m1/s1. The molecule has 0 radical (unpaired) electrons. The molecule has 2 N–H and O–H groups in total. The van der Waals surface area contributed by atoms with Crippen LogP contribution in [-0.4, -0.2) is 23.8 Å². The smallest absolute Gasteiger partial charge is 0.0582 e. The van der Waals surface area contributed by atoms with Crippen molar-refractivity contribution in [3.05, 3.63) is 0 Å². The van der Waals surface area contributed by atoms with Gasteiger partial charge in [0.15, 0.2) is 0 Å². The summed E-state index contributed by atoms with van der Waals surface area (Å²) in [6.07, 6.45) is 3.98. The lowest BCUT2D eigenvalue weighted by atomic mass is 9.74. The predicted octanol–water partition coefficient (Wildman–Crippen LogP) is 2.42. The topological polar surface area (TPSA) is 32.3 Å². The molecule has 2 nitrogen and oxygen atoms in total. The van der Waals surface area contributed by atoms with Gasteiger partial charge in [0.05, 0.1) is 6.61 Å². The van der Waals surface area contributed by atoms with Gasteiger partial charge in [0.25, 0.3) is 0 Å². The van der Waals surface area contributed by atoms with E-state index in [0.717, 1.165) is 17.8 Å². The zero-order chi connectivity index (χ0) is 11.4. The van der Waals surface area contributed by atoms with Crippen LogP contribution in [0.3, 0.4) is 0 Å². The molecule has 0 unspecified atom stereocenters. The van der Waals surface area contributed by atoms with E-state index in [4.69, 9.17) is 5.11 Å². The molecule has 0 aromatic carbocycles. The van der Waals surface area contributed by atoms with Crippen molar-refractivity contribution in [1.29, 1.82) is 0 Å². The van der Waals surface area contributed by atoms with Crippen molar-refractivity contribution in [1.82, 2.24) is 5.32 Å². The van der Waals surface area contributed by atoms with Crippen molar-refractivity contribution in [2.45, 2.75) is 59.0 Å². The molecule has 1 aliphatic carbocycles. The third-order valence-corrected chi connectivity index (χ3v) is 3.79. The second-order valence-electron chi connectivity index (χ2n) is 5.68. The molecule has 0 bridgehead atoms. The average Bonchev–Trinajstić information content (AvgIpc) is 2.17. The molecule has 90 valence electrons. The van der Waals surface area contributed by atoms with Crippen molar-refractivity contribution in [2.75, 3.05) is 6.61 Å². The minimum absolute atomic E-state index is 0.238. The average molecular weight is 213 g/mol. The summed E-state index contributed by atoms with van der Waals surface area (Å²) in [5, 5.41) is 12.7. The Morgan fingerprint density at radius 2 is 1.93 bits per heavy atom. The summed E-state index contributed by atoms with van der Waals surface area (Å²) in [7, 11) is 0. The van der Waals surface area contributed by atoms with Gasteiger partial charge in [-0.1, -0.05) is 27.2 Å². The maximum Gasteiger partial charge on any atom is 0.0582 e. The zero-order valence-corrected chi connectivity index (χ0v) is 10.7. The monoisotopic (exact) mass is 213 g/mol. The highest BCUT2D eigenvalue weighted by atomic mass is 16.3. The van der Waals surface area contributed by atoms with Gasteiger partial charge >= 0.3 is 0 Å². The molecule has 1 rings (SSSR count). The van der Waals surface area contributed by atoms with E-state index >= 15 is 0 Å². The maximum absolute atomic E-state index is 9.09. The number of hydrogen-bond donors (Lipinski definition) is 2. The van der Waals surface area contributed by atoms with E-state index in [-0.39, 0.29) is 12.6 Å². The van der Waals surface area contributed by atoms with Gasteiger partial charge in [0.1, 0.15) is 0 Å². The highest BCUT2D eigenvalue weighted by Crippen LogP contribution is 2.33. The van der Waals surface area contributed by atoms with Crippen molar-refractivity contribution in [3.8, 4) is 0 Å². The van der Waals surface area contributed by atoms with Crippen molar-refractivity contribution >= 4 is 0 Å². The predicted molar refractivity (Wildman–Crippen MR) is 64.8 cm³/mol. The molecule has 15 heavy (non-hydrogen) atoms. The van der Waals surface area contributed by atoms with Crippen molar-refractivity contribution < 1.29 is 5.11 Å². The van der Waals surface area contributed by atoms with Gasteiger partial charge < -0.3 is 10.4 Å². The van der Waals surface area contributed by atoms with Gasteiger partial charge in [0.2, 0.25) is 0 Å². The summed E-state index contributed by atoms with van der Waals surface area (Å²) in [6.45, 7) is 9.29. The molecule has 1 saturated carbocycles. The van der Waals surface area contributed by atoms with Crippen LogP contribution >= 0.6 is 0 Å². The molecular weight excluding hydrogens is 186 g/mol. The Labute approximate surface area is 94.5 Å². The minimum Gasteiger partial charge on any atom is -0.395 e. The number of nitrogens with one attached hydrogen (secondary N) is 1. The summed E-state index contributed by atoms with van der Waals surface area (Å²) in [5.74, 6) is 2.37. The normalized spacial score (nSPS) is 34.4. The lowest BCUT2D eigenvalue weighted by Gasteiger charge is -2.39. The van der Waals surface area contributed by atoms with Crippen LogP contribution in [0.1, 0.15) is 47.0 Å². The van der Waals surface area contributed by atoms with Crippen LogP contribution < -0.4 is 5.32 Å². The van der Waals surface area contributed by atoms with E-state index in [9.17, 15) is 0 Å². The lowest BCUT2D eigenvalue weighted by Crippen LogP contribution is -2.47. The third kappa shape index (κ3) is 3.76. The lowest BCUT2D eigenvalue weighted by molar-refractivity contribution is 0.144. The van der Waals surface area contributed by atoms with Gasteiger partial charge in [0, 0.05) is 12.1 Å². The van der Waals surface area contributed by atoms with E-state index in [0.29, 0.717) is 6.04 Å². The second kappa shape index (κ2) is 5.86. The van der Waals surface area contributed by atoms with Gasteiger partial charge in [-0.2, -0.15) is 0 Å². The Kier molecular flexibility index (Phi) is 5.07. The first-order valence-corrected chi connectivity index (χ1v) is 6.41. The largest absolute Gasteiger partial charge is 0.395 e. The van der Waals surface area contributed by atoms with E-state index in [2.05, 4.69) is 33.0 Å². The molecule has 0 saturated heterocycles. The van der Waals surface area contributed by atoms with Gasteiger partial charge in [-0.3, -0.25) is 0 Å². The summed E-state index contributed by atoms with van der Waals surface area (Å²) in [4.78, 5) is 0. The minimum atomic E-state index is 0.238. The van der Waals surface area contributed by atoms with E-state index < -0.39 is 0 Å². The summed E-state index contributed by atoms with van der Waals surface area (Å²) in [6, 6.07) is 0.845. The van der Waals surface area contributed by atoms with Crippen LogP contribution in [-0.2, 0) is 0 Å². The van der Waals surface area contributed by atoms with E-state index in [1.807, 2.05) is 0 Å². The van der Waals surface area contributed by atoms with Crippen LogP contribution in [0.25, 0.3) is 0 Å². The molecule has 1 aliphatic rings. The molecular formula is C13H27NO. The Balaban J connectivity index is 2.54. The van der Waals surface area contributed by atoms with Crippen LogP contribution in [0.15, 0.2) is 0 Å². The van der Waals surface area contributed by atoms with Crippen molar-refractivity contribution in [2.24, 2.45) is 17.8 Å². The number of rotatable bonds is 4. The second-order valence-corrected chi connectivity index (χ2v) is 5.68.